The standard InChI is InChI=1S/C17H16ClN7/c18-12-10-6-3-7-20-16(10)23-14(12)13-11-15(19)21-8-22-17(11)25(24-13)9-4-1-2-5-9/h3,6-9H,1-2,4-5H2,(H,20,23)(H2,19,21,22). The quantitative estimate of drug-likeness (QED) is 0.572. The van der Waals surface area contributed by atoms with E-state index >= 15 is 0 Å². The second-order valence-corrected chi connectivity index (χ2v) is 6.78. The number of anilines is 1. The largest absolute Gasteiger partial charge is 0.383 e. The van der Waals surface area contributed by atoms with Crippen LogP contribution in [0.25, 0.3) is 33.5 Å². The highest BCUT2D eigenvalue weighted by Crippen LogP contribution is 2.40. The number of nitrogens with two attached hydrogens (primary N) is 1. The van der Waals surface area contributed by atoms with Gasteiger partial charge in [0.05, 0.1) is 22.1 Å². The molecule has 25 heavy (non-hydrogen) atoms. The van der Waals surface area contributed by atoms with Crippen LogP contribution < -0.4 is 5.73 Å². The predicted octanol–water partition coefficient (Wildman–Crippen LogP) is 3.72. The molecular weight excluding hydrogens is 338 g/mol. The Bertz CT molecular complexity index is 1090. The minimum absolute atomic E-state index is 0.340. The first-order chi connectivity index (χ1) is 12.2. The van der Waals surface area contributed by atoms with Crippen LogP contribution in [0.5, 0.6) is 0 Å². The number of nitrogens with one attached hydrogen (secondary N) is 1. The maximum Gasteiger partial charge on any atom is 0.164 e. The molecule has 4 aromatic rings. The van der Waals surface area contributed by atoms with Crippen LogP contribution in [0.15, 0.2) is 24.7 Å². The third-order valence-corrected chi connectivity index (χ3v) is 5.33. The molecule has 0 amide bonds. The zero-order chi connectivity index (χ0) is 17.0. The zero-order valence-electron chi connectivity index (χ0n) is 13.4. The highest BCUT2D eigenvalue weighted by atomic mass is 35.5. The lowest BCUT2D eigenvalue weighted by Gasteiger charge is -2.09. The summed E-state index contributed by atoms with van der Waals surface area (Å²) in [7, 11) is 0. The first kappa shape index (κ1) is 14.7. The Kier molecular flexibility index (Phi) is 3.18. The van der Waals surface area contributed by atoms with Crippen molar-refractivity contribution in [1.82, 2.24) is 29.7 Å². The summed E-state index contributed by atoms with van der Waals surface area (Å²) in [5, 5.41) is 7.03. The molecule has 1 aliphatic rings. The molecule has 0 radical (unpaired) electrons. The molecule has 3 N–H and O–H groups in total. The Morgan fingerprint density at radius 1 is 1.20 bits per heavy atom. The van der Waals surface area contributed by atoms with Gasteiger partial charge in [-0.3, -0.25) is 0 Å². The number of pyridine rings is 1. The fourth-order valence-electron chi connectivity index (χ4n) is 3.73. The predicted molar refractivity (Wildman–Crippen MR) is 97.3 cm³/mol. The van der Waals surface area contributed by atoms with E-state index < -0.39 is 0 Å². The second kappa shape index (κ2) is 5.42. The molecule has 8 heteroatoms. The van der Waals surface area contributed by atoms with E-state index in [1.165, 1.54) is 19.2 Å². The monoisotopic (exact) mass is 353 g/mol. The normalized spacial score (nSPS) is 15.6. The van der Waals surface area contributed by atoms with Crippen LogP contribution in [-0.4, -0.2) is 29.7 Å². The van der Waals surface area contributed by atoms with E-state index in [0.29, 0.717) is 28.3 Å². The summed E-state index contributed by atoms with van der Waals surface area (Å²) in [6.07, 6.45) is 7.83. The molecule has 7 nitrogen and oxygen atoms in total. The molecule has 4 heterocycles. The van der Waals surface area contributed by atoms with Crippen molar-refractivity contribution in [2.45, 2.75) is 31.7 Å². The van der Waals surface area contributed by atoms with Crippen molar-refractivity contribution in [3.05, 3.63) is 29.7 Å². The van der Waals surface area contributed by atoms with Crippen LogP contribution in [-0.2, 0) is 0 Å². The molecule has 1 aliphatic carbocycles. The number of halogens is 1. The van der Waals surface area contributed by atoms with Gasteiger partial charge in [0.25, 0.3) is 0 Å². The number of H-pyrrole nitrogens is 1. The minimum atomic E-state index is 0.340. The molecular formula is C17H16ClN7. The molecule has 0 aromatic carbocycles. The molecule has 1 saturated carbocycles. The Hall–Kier alpha value is -2.67. The number of rotatable bonds is 2. The van der Waals surface area contributed by atoms with Crippen molar-refractivity contribution in [2.24, 2.45) is 0 Å². The fraction of sp³-hybridized carbons (Fsp3) is 0.294. The number of nitrogen functional groups attached to an aromatic ring is 1. The lowest BCUT2D eigenvalue weighted by atomic mass is 10.2. The van der Waals surface area contributed by atoms with Gasteiger partial charge in [0.2, 0.25) is 0 Å². The summed E-state index contributed by atoms with van der Waals surface area (Å²) in [6, 6.07) is 4.13. The number of hydrogen-bond donors (Lipinski definition) is 2. The first-order valence-electron chi connectivity index (χ1n) is 8.35. The average molecular weight is 354 g/mol. The fourth-order valence-corrected chi connectivity index (χ4v) is 4.02. The lowest BCUT2D eigenvalue weighted by Crippen LogP contribution is -2.07. The van der Waals surface area contributed by atoms with Crippen LogP contribution in [0.4, 0.5) is 5.82 Å². The zero-order valence-corrected chi connectivity index (χ0v) is 14.2. The molecule has 0 unspecified atom stereocenters. The average Bonchev–Trinajstić information content (AvgIpc) is 3.33. The maximum absolute atomic E-state index is 6.61. The van der Waals surface area contributed by atoms with Gasteiger partial charge in [0.15, 0.2) is 5.65 Å². The van der Waals surface area contributed by atoms with Gasteiger partial charge in [-0.1, -0.05) is 24.4 Å². The van der Waals surface area contributed by atoms with E-state index in [9.17, 15) is 0 Å². The van der Waals surface area contributed by atoms with Gasteiger partial charge in [-0.15, -0.1) is 0 Å². The van der Waals surface area contributed by atoms with E-state index in [2.05, 4.69) is 19.9 Å². The lowest BCUT2D eigenvalue weighted by molar-refractivity contribution is 0.479. The minimum Gasteiger partial charge on any atom is -0.383 e. The summed E-state index contributed by atoms with van der Waals surface area (Å²) in [5.74, 6) is 0.409. The van der Waals surface area contributed by atoms with Gasteiger partial charge in [-0.25, -0.2) is 19.6 Å². The van der Waals surface area contributed by atoms with Gasteiger partial charge >= 0.3 is 0 Å². The molecule has 126 valence electrons. The van der Waals surface area contributed by atoms with Gasteiger partial charge in [0.1, 0.15) is 23.5 Å². The van der Waals surface area contributed by atoms with Crippen molar-refractivity contribution in [3.8, 4) is 11.4 Å². The van der Waals surface area contributed by atoms with Crippen LogP contribution in [0, 0.1) is 0 Å². The topological polar surface area (TPSA) is 98.3 Å². The van der Waals surface area contributed by atoms with Crippen molar-refractivity contribution >= 4 is 39.5 Å². The number of aromatic amines is 1. The van der Waals surface area contributed by atoms with Crippen molar-refractivity contribution in [2.75, 3.05) is 5.73 Å². The van der Waals surface area contributed by atoms with E-state index in [-0.39, 0.29) is 0 Å². The Balaban J connectivity index is 1.82. The van der Waals surface area contributed by atoms with Crippen molar-refractivity contribution in [1.29, 1.82) is 0 Å². The number of nitrogens with zero attached hydrogens (tertiary/aromatic N) is 5. The third kappa shape index (κ3) is 2.12. The molecule has 0 atom stereocenters. The molecule has 0 saturated heterocycles. The van der Waals surface area contributed by atoms with Gasteiger partial charge < -0.3 is 10.7 Å². The number of aromatic nitrogens is 6. The molecule has 0 spiro atoms. The summed E-state index contributed by atoms with van der Waals surface area (Å²) >= 11 is 6.61. The van der Waals surface area contributed by atoms with Gasteiger partial charge in [0, 0.05) is 11.6 Å². The molecule has 0 bridgehead atoms. The summed E-state index contributed by atoms with van der Waals surface area (Å²) in [6.45, 7) is 0. The van der Waals surface area contributed by atoms with E-state index in [4.69, 9.17) is 22.4 Å². The van der Waals surface area contributed by atoms with Crippen LogP contribution in [0.3, 0.4) is 0 Å². The maximum atomic E-state index is 6.61. The summed E-state index contributed by atoms with van der Waals surface area (Å²) < 4.78 is 1.99. The summed E-state index contributed by atoms with van der Waals surface area (Å²) in [5.41, 5.74) is 9.05. The molecule has 5 rings (SSSR count). The van der Waals surface area contributed by atoms with Gasteiger partial charge in [-0.05, 0) is 25.0 Å². The summed E-state index contributed by atoms with van der Waals surface area (Å²) in [4.78, 5) is 16.2. The number of hydrogen-bond acceptors (Lipinski definition) is 5. The Morgan fingerprint density at radius 2 is 2.04 bits per heavy atom. The molecule has 4 aromatic heterocycles. The first-order valence-corrected chi connectivity index (χ1v) is 8.73. The highest BCUT2D eigenvalue weighted by molar-refractivity contribution is 6.38. The Morgan fingerprint density at radius 3 is 2.84 bits per heavy atom. The SMILES string of the molecule is Nc1ncnc2c1c(-c1[nH]c3ncccc3c1Cl)nn2C1CCCC1. The third-order valence-electron chi connectivity index (χ3n) is 4.93. The molecule has 1 fully saturated rings. The second-order valence-electron chi connectivity index (χ2n) is 6.40. The highest BCUT2D eigenvalue weighted by Gasteiger charge is 2.26. The van der Waals surface area contributed by atoms with Crippen LogP contribution >= 0.6 is 11.6 Å². The van der Waals surface area contributed by atoms with Crippen LogP contribution in [0.2, 0.25) is 5.02 Å². The van der Waals surface area contributed by atoms with Gasteiger partial charge in [-0.2, -0.15) is 5.10 Å². The smallest absolute Gasteiger partial charge is 0.164 e. The van der Waals surface area contributed by atoms with E-state index in [1.807, 2.05) is 16.8 Å². The van der Waals surface area contributed by atoms with E-state index in [0.717, 1.165) is 34.9 Å². The van der Waals surface area contributed by atoms with Crippen molar-refractivity contribution in [3.63, 3.8) is 0 Å². The van der Waals surface area contributed by atoms with Crippen LogP contribution in [0.1, 0.15) is 31.7 Å². The Labute approximate surface area is 148 Å². The van der Waals surface area contributed by atoms with E-state index in [1.54, 1.807) is 6.20 Å². The molecule has 0 aliphatic heterocycles. The van der Waals surface area contributed by atoms with Crippen molar-refractivity contribution < 1.29 is 0 Å². The number of fused-ring (bicyclic) bond motifs is 2.